The van der Waals surface area contributed by atoms with Crippen molar-refractivity contribution < 1.29 is 9.47 Å². The zero-order valence-corrected chi connectivity index (χ0v) is 12.4. The summed E-state index contributed by atoms with van der Waals surface area (Å²) in [7, 11) is 1.77. The van der Waals surface area contributed by atoms with Gasteiger partial charge in [0.05, 0.1) is 7.11 Å². The van der Waals surface area contributed by atoms with Crippen molar-refractivity contribution >= 4 is 0 Å². The molecule has 0 saturated carbocycles. The molecule has 2 aliphatic rings. The molecule has 0 atom stereocenters. The van der Waals surface area contributed by atoms with Crippen LogP contribution in [-0.2, 0) is 4.74 Å². The molecule has 0 radical (unpaired) electrons. The van der Waals surface area contributed by atoms with Gasteiger partial charge >= 0.3 is 0 Å². The fourth-order valence-corrected chi connectivity index (χ4v) is 3.63. The van der Waals surface area contributed by atoms with Gasteiger partial charge in [0.25, 0.3) is 0 Å². The molecule has 2 heterocycles. The van der Waals surface area contributed by atoms with E-state index >= 15 is 0 Å². The summed E-state index contributed by atoms with van der Waals surface area (Å²) in [5.74, 6) is 1.71. The third-order valence-corrected chi connectivity index (χ3v) is 4.82. The topological polar surface area (TPSA) is 21.7 Å². The molecule has 20 heavy (non-hydrogen) atoms. The van der Waals surface area contributed by atoms with E-state index in [4.69, 9.17) is 9.47 Å². The van der Waals surface area contributed by atoms with Crippen molar-refractivity contribution in [2.24, 2.45) is 0 Å². The molecule has 0 bridgehead atoms. The molecule has 2 fully saturated rings. The molecule has 3 nitrogen and oxygen atoms in total. The third-order valence-electron chi connectivity index (χ3n) is 4.82. The van der Waals surface area contributed by atoms with Crippen LogP contribution in [0.3, 0.4) is 0 Å². The van der Waals surface area contributed by atoms with Crippen LogP contribution in [0.15, 0.2) is 24.3 Å². The maximum absolute atomic E-state index is 5.51. The Kier molecular flexibility index (Phi) is 4.58. The summed E-state index contributed by atoms with van der Waals surface area (Å²) in [6.45, 7) is 4.31. The zero-order chi connectivity index (χ0) is 13.8. The zero-order valence-electron chi connectivity index (χ0n) is 12.4. The predicted molar refractivity (Wildman–Crippen MR) is 80.4 cm³/mol. The van der Waals surface area contributed by atoms with Gasteiger partial charge in [-0.05, 0) is 56.3 Å². The molecule has 2 saturated heterocycles. The van der Waals surface area contributed by atoms with Crippen molar-refractivity contribution in [3.05, 3.63) is 29.8 Å². The van der Waals surface area contributed by atoms with E-state index in [1.165, 1.54) is 44.3 Å². The number of piperidine rings is 1. The molecule has 1 aromatic carbocycles. The number of likely N-dealkylation sites (tertiary alicyclic amines) is 1. The monoisotopic (exact) mass is 275 g/mol. The van der Waals surface area contributed by atoms with Gasteiger partial charge in [-0.1, -0.05) is 18.2 Å². The molecule has 0 unspecified atom stereocenters. The van der Waals surface area contributed by atoms with Gasteiger partial charge in [0, 0.05) is 19.3 Å². The van der Waals surface area contributed by atoms with Crippen LogP contribution in [0.4, 0.5) is 0 Å². The second-order valence-electron chi connectivity index (χ2n) is 5.90. The van der Waals surface area contributed by atoms with E-state index in [0.29, 0.717) is 5.92 Å². The Balaban J connectivity index is 1.60. The van der Waals surface area contributed by atoms with Gasteiger partial charge in [-0.25, -0.2) is 0 Å². The molecule has 110 valence electrons. The van der Waals surface area contributed by atoms with Crippen molar-refractivity contribution in [1.29, 1.82) is 0 Å². The highest BCUT2D eigenvalue weighted by molar-refractivity contribution is 5.36. The normalized spacial score (nSPS) is 22.9. The molecular weight excluding hydrogens is 250 g/mol. The average Bonchev–Trinajstić information content (AvgIpc) is 2.56. The first kappa shape index (κ1) is 13.9. The molecule has 0 aromatic heterocycles. The lowest BCUT2D eigenvalue weighted by Gasteiger charge is -2.39. The second kappa shape index (κ2) is 6.59. The minimum atomic E-state index is 0.655. The maximum Gasteiger partial charge on any atom is 0.122 e. The first-order valence-electron chi connectivity index (χ1n) is 7.83. The molecule has 0 spiro atoms. The summed E-state index contributed by atoms with van der Waals surface area (Å²) in [6, 6.07) is 9.25. The Morgan fingerprint density at radius 3 is 2.45 bits per heavy atom. The summed E-state index contributed by atoms with van der Waals surface area (Å²) in [5.41, 5.74) is 1.39. The molecule has 0 N–H and O–H groups in total. The second-order valence-corrected chi connectivity index (χ2v) is 5.90. The number of hydrogen-bond donors (Lipinski definition) is 0. The molecule has 3 heteroatoms. The van der Waals surface area contributed by atoms with Crippen LogP contribution in [0, 0.1) is 0 Å². The Hall–Kier alpha value is -1.06. The minimum absolute atomic E-state index is 0.655. The van der Waals surface area contributed by atoms with Crippen LogP contribution in [0.1, 0.15) is 37.2 Å². The van der Waals surface area contributed by atoms with E-state index in [1.807, 2.05) is 0 Å². The van der Waals surface area contributed by atoms with Crippen LogP contribution in [0.2, 0.25) is 0 Å². The summed E-state index contributed by atoms with van der Waals surface area (Å²) >= 11 is 0. The van der Waals surface area contributed by atoms with Gasteiger partial charge in [-0.15, -0.1) is 0 Å². The van der Waals surface area contributed by atoms with Crippen molar-refractivity contribution in [2.75, 3.05) is 33.4 Å². The van der Waals surface area contributed by atoms with Gasteiger partial charge < -0.3 is 14.4 Å². The van der Waals surface area contributed by atoms with Crippen LogP contribution >= 0.6 is 0 Å². The molecule has 1 aromatic rings. The molecule has 0 aliphatic carbocycles. The van der Waals surface area contributed by atoms with Crippen LogP contribution in [-0.4, -0.2) is 44.4 Å². The maximum atomic E-state index is 5.51. The van der Waals surface area contributed by atoms with Crippen LogP contribution < -0.4 is 4.74 Å². The van der Waals surface area contributed by atoms with Gasteiger partial charge in [-0.2, -0.15) is 0 Å². The van der Waals surface area contributed by atoms with E-state index < -0.39 is 0 Å². The quantitative estimate of drug-likeness (QED) is 0.846. The van der Waals surface area contributed by atoms with Crippen molar-refractivity contribution in [3.8, 4) is 5.75 Å². The van der Waals surface area contributed by atoms with Gasteiger partial charge in [0.1, 0.15) is 5.75 Å². The summed E-state index contributed by atoms with van der Waals surface area (Å²) < 4.78 is 11.0. The van der Waals surface area contributed by atoms with E-state index in [0.717, 1.165) is 25.0 Å². The highest BCUT2D eigenvalue weighted by Crippen LogP contribution is 2.35. The predicted octanol–water partition coefficient (Wildman–Crippen LogP) is 3.05. The van der Waals surface area contributed by atoms with Crippen molar-refractivity contribution in [1.82, 2.24) is 4.90 Å². The Labute approximate surface area is 121 Å². The first-order valence-corrected chi connectivity index (χ1v) is 7.83. The molecule has 3 rings (SSSR count). The standard InChI is InChI=1S/C17H25NO2/c1-19-17-5-3-2-4-16(17)14-6-10-18(11-7-14)15-8-12-20-13-9-15/h2-5,14-15H,6-13H2,1H3. The molecule has 0 amide bonds. The highest BCUT2D eigenvalue weighted by Gasteiger charge is 2.28. The number of rotatable bonds is 3. The van der Waals surface area contributed by atoms with Gasteiger partial charge in [-0.3, -0.25) is 0 Å². The van der Waals surface area contributed by atoms with Crippen molar-refractivity contribution in [2.45, 2.75) is 37.6 Å². The number of nitrogens with zero attached hydrogens (tertiary/aromatic N) is 1. The summed E-state index contributed by atoms with van der Waals surface area (Å²) in [6.07, 6.45) is 4.91. The van der Waals surface area contributed by atoms with Gasteiger partial charge in [0.2, 0.25) is 0 Å². The lowest BCUT2D eigenvalue weighted by atomic mass is 9.87. The largest absolute Gasteiger partial charge is 0.496 e. The first-order chi connectivity index (χ1) is 9.88. The Bertz CT molecular complexity index is 421. The lowest BCUT2D eigenvalue weighted by Crippen LogP contribution is -2.43. The average molecular weight is 275 g/mol. The van der Waals surface area contributed by atoms with Crippen molar-refractivity contribution in [3.63, 3.8) is 0 Å². The summed E-state index contributed by atoms with van der Waals surface area (Å²) in [5, 5.41) is 0. The number of para-hydroxylation sites is 1. The SMILES string of the molecule is COc1ccccc1C1CCN(C2CCOCC2)CC1. The van der Waals surface area contributed by atoms with Gasteiger partial charge in [0.15, 0.2) is 0 Å². The molecular formula is C17H25NO2. The fourth-order valence-electron chi connectivity index (χ4n) is 3.63. The molecule has 2 aliphatic heterocycles. The minimum Gasteiger partial charge on any atom is -0.496 e. The third kappa shape index (κ3) is 2.99. The Morgan fingerprint density at radius 2 is 1.75 bits per heavy atom. The number of methoxy groups -OCH3 is 1. The van der Waals surface area contributed by atoms with E-state index in [-0.39, 0.29) is 0 Å². The lowest BCUT2D eigenvalue weighted by molar-refractivity contribution is 0.0251. The van der Waals surface area contributed by atoms with Crippen LogP contribution in [0.5, 0.6) is 5.75 Å². The number of benzene rings is 1. The smallest absolute Gasteiger partial charge is 0.122 e. The van der Waals surface area contributed by atoms with E-state index in [9.17, 15) is 0 Å². The number of ether oxygens (including phenoxy) is 2. The Morgan fingerprint density at radius 1 is 1.05 bits per heavy atom. The summed E-state index contributed by atoms with van der Waals surface area (Å²) in [4.78, 5) is 2.68. The highest BCUT2D eigenvalue weighted by atomic mass is 16.5. The van der Waals surface area contributed by atoms with Crippen LogP contribution in [0.25, 0.3) is 0 Å². The van der Waals surface area contributed by atoms with E-state index in [1.54, 1.807) is 7.11 Å². The van der Waals surface area contributed by atoms with E-state index in [2.05, 4.69) is 29.2 Å². The fraction of sp³-hybridized carbons (Fsp3) is 0.647. The number of hydrogen-bond acceptors (Lipinski definition) is 3.